The third kappa shape index (κ3) is 6.55. The van der Waals surface area contributed by atoms with Crippen LogP contribution in [0.3, 0.4) is 0 Å². The number of amides is 5. The van der Waals surface area contributed by atoms with E-state index in [0.717, 1.165) is 24.0 Å². The van der Waals surface area contributed by atoms with Gasteiger partial charge in [-0.2, -0.15) is 0 Å². The Morgan fingerprint density at radius 2 is 1.60 bits per heavy atom. The number of nitrogens with one attached hydrogen (secondary N) is 3. The molecular weight excluding hydrogens is 578 g/mol. The number of carboxylic acids is 1. The fourth-order valence-electron chi connectivity index (χ4n) is 7.51. The normalized spacial score (nSPS) is 25.3. The van der Waals surface area contributed by atoms with Gasteiger partial charge in [0.05, 0.1) is 6.04 Å². The van der Waals surface area contributed by atoms with Crippen molar-refractivity contribution in [2.45, 2.75) is 90.9 Å². The monoisotopic (exact) mass is 623 g/mol. The van der Waals surface area contributed by atoms with Crippen LogP contribution >= 0.6 is 0 Å². The van der Waals surface area contributed by atoms with Gasteiger partial charge >= 0.3 is 12.0 Å². The van der Waals surface area contributed by atoms with Crippen molar-refractivity contribution in [2.24, 2.45) is 40.2 Å². The highest BCUT2D eigenvalue weighted by atomic mass is 16.4. The molecule has 6 N–H and O–H groups in total. The second-order valence-electron chi connectivity index (χ2n) is 15.0. The molecule has 0 aromatic heterocycles. The zero-order chi connectivity index (χ0) is 33.0. The number of hydrogen-bond acceptors (Lipinski definition) is 6. The number of ketones is 1. The van der Waals surface area contributed by atoms with Gasteiger partial charge in [0.25, 0.3) is 5.91 Å². The van der Waals surface area contributed by atoms with Crippen molar-refractivity contribution in [3.63, 3.8) is 0 Å². The fraction of sp³-hybridized carbons (Fsp3) is 0.636. The number of benzene rings is 1. The zero-order valence-corrected chi connectivity index (χ0v) is 26.6. The minimum Gasteiger partial charge on any atom is -0.480 e. The summed E-state index contributed by atoms with van der Waals surface area (Å²) in [6, 6.07) is 2.80. The van der Waals surface area contributed by atoms with E-state index in [1.54, 1.807) is 20.8 Å². The van der Waals surface area contributed by atoms with Gasteiger partial charge < -0.3 is 31.7 Å². The van der Waals surface area contributed by atoms with Crippen molar-refractivity contribution in [1.29, 1.82) is 0 Å². The number of rotatable bonds is 11. The summed E-state index contributed by atoms with van der Waals surface area (Å²) in [4.78, 5) is 79.6. The molecule has 1 saturated heterocycles. The lowest BCUT2D eigenvalue weighted by molar-refractivity contribution is -0.144. The average Bonchev–Trinajstić information content (AvgIpc) is 3.70. The summed E-state index contributed by atoms with van der Waals surface area (Å²) in [7, 11) is 0. The number of nitrogens with two attached hydrogens (primary N) is 1. The predicted molar refractivity (Wildman–Crippen MR) is 163 cm³/mol. The highest BCUT2D eigenvalue weighted by Crippen LogP contribution is 2.65. The minimum atomic E-state index is -1.21. The molecule has 45 heavy (non-hydrogen) atoms. The summed E-state index contributed by atoms with van der Waals surface area (Å²) in [5.41, 5.74) is 6.41. The first kappa shape index (κ1) is 32.4. The van der Waals surface area contributed by atoms with E-state index in [1.807, 2.05) is 38.1 Å². The summed E-state index contributed by atoms with van der Waals surface area (Å²) in [6.45, 7) is 9.46. The predicted octanol–water partition coefficient (Wildman–Crippen LogP) is 1.39. The maximum Gasteiger partial charge on any atom is 0.326 e. The first-order chi connectivity index (χ1) is 21.0. The lowest BCUT2D eigenvalue weighted by Gasteiger charge is -2.36. The number of fused-ring (bicyclic) bond motifs is 2. The van der Waals surface area contributed by atoms with Crippen LogP contribution in [0.5, 0.6) is 0 Å². The number of primary amides is 1. The van der Waals surface area contributed by atoms with Gasteiger partial charge in [0, 0.05) is 6.54 Å². The van der Waals surface area contributed by atoms with Gasteiger partial charge in [-0.05, 0) is 64.9 Å². The number of carbonyl (C=O) groups excluding carboxylic acids is 5. The fourth-order valence-corrected chi connectivity index (χ4v) is 7.51. The largest absolute Gasteiger partial charge is 0.480 e. The van der Waals surface area contributed by atoms with E-state index < -0.39 is 65.1 Å². The lowest BCUT2D eigenvalue weighted by atomic mass is 9.87. The number of urea groups is 1. The van der Waals surface area contributed by atoms with Crippen LogP contribution < -0.4 is 21.7 Å². The van der Waals surface area contributed by atoms with Crippen molar-refractivity contribution < 1.29 is 33.9 Å². The number of piperidine rings is 1. The summed E-state index contributed by atoms with van der Waals surface area (Å²) in [6.07, 6.45) is 3.17. The van der Waals surface area contributed by atoms with E-state index in [4.69, 9.17) is 5.73 Å². The molecule has 1 aromatic carbocycles. The molecule has 1 unspecified atom stereocenters. The summed E-state index contributed by atoms with van der Waals surface area (Å²) in [5, 5.41) is 17.9. The van der Waals surface area contributed by atoms with Gasteiger partial charge in [0.1, 0.15) is 18.1 Å². The van der Waals surface area contributed by atoms with Gasteiger partial charge in [0.15, 0.2) is 0 Å². The highest BCUT2D eigenvalue weighted by molar-refractivity contribution is 6.37. The van der Waals surface area contributed by atoms with Crippen LogP contribution in [0.25, 0.3) is 0 Å². The van der Waals surface area contributed by atoms with Crippen molar-refractivity contribution in [1.82, 2.24) is 20.9 Å². The Labute approximate surface area is 263 Å². The van der Waals surface area contributed by atoms with Crippen molar-refractivity contribution >= 4 is 35.5 Å². The molecule has 6 atom stereocenters. The third-order valence-corrected chi connectivity index (χ3v) is 10.4. The molecular formula is C33H45N5O7. The molecule has 0 bridgehead atoms. The molecule has 4 aliphatic rings. The Bertz CT molecular complexity index is 1390. The van der Waals surface area contributed by atoms with Crippen LogP contribution in [-0.4, -0.2) is 76.2 Å². The standard InChI is InChI=1S/C33H45N5O7/c1-32(2,3)26(30(43)44)37-31(45)36-23(19-13-17-8-6-7-9-18(17)14-19)29(42)38-15-20-22(33(20,4)5)24(38)28(41)35-21(12-16-10-11-16)25(39)27(34)40/h6-9,16,19-24,26H,10-15H2,1-5H3,(H2,34,40)(H,35,41)(H,43,44)(H2,36,37,45)/t20-,21?,22-,23-,24-,26+/m0/s1. The Balaban J connectivity index is 1.41. The van der Waals surface area contributed by atoms with Crippen molar-refractivity contribution in [3.05, 3.63) is 35.4 Å². The molecule has 1 aromatic rings. The Hall–Kier alpha value is -3.96. The summed E-state index contributed by atoms with van der Waals surface area (Å²) < 4.78 is 0. The maximum atomic E-state index is 14.5. The van der Waals surface area contributed by atoms with Crippen LogP contribution in [-0.2, 0) is 36.8 Å². The van der Waals surface area contributed by atoms with E-state index in [2.05, 4.69) is 16.0 Å². The molecule has 1 heterocycles. The van der Waals surface area contributed by atoms with E-state index in [-0.39, 0.29) is 29.1 Å². The van der Waals surface area contributed by atoms with Crippen LogP contribution in [0.15, 0.2) is 24.3 Å². The van der Waals surface area contributed by atoms with Gasteiger partial charge in [0.2, 0.25) is 17.6 Å². The van der Waals surface area contributed by atoms with Gasteiger partial charge in [-0.1, -0.05) is 71.7 Å². The van der Waals surface area contributed by atoms with E-state index in [1.165, 1.54) is 4.90 Å². The van der Waals surface area contributed by atoms with Gasteiger partial charge in [-0.3, -0.25) is 19.2 Å². The lowest BCUT2D eigenvalue weighted by Crippen LogP contribution is -2.61. The van der Waals surface area contributed by atoms with E-state index in [0.29, 0.717) is 25.8 Å². The second kappa shape index (κ2) is 11.8. The van der Waals surface area contributed by atoms with Crippen LogP contribution in [0.1, 0.15) is 65.0 Å². The third-order valence-electron chi connectivity index (χ3n) is 10.4. The SMILES string of the molecule is CC(C)(C)[C@H](NC(=O)N[C@H](C(=O)N1C[C@H]2[C@@H]([C@H]1C(=O)NC(CC1CC1)C(=O)C(N)=O)C2(C)C)C1Cc2ccccc2C1)C(=O)O. The van der Waals surface area contributed by atoms with Crippen molar-refractivity contribution in [2.75, 3.05) is 6.54 Å². The topological polar surface area (TPSA) is 188 Å². The number of carbonyl (C=O) groups is 6. The van der Waals surface area contributed by atoms with Crippen molar-refractivity contribution in [3.8, 4) is 0 Å². The molecule has 5 rings (SSSR count). The molecule has 0 radical (unpaired) electrons. The molecule has 2 saturated carbocycles. The van der Waals surface area contributed by atoms with Gasteiger partial charge in [-0.15, -0.1) is 0 Å². The Kier molecular flexibility index (Phi) is 8.48. The Morgan fingerprint density at radius 3 is 2.11 bits per heavy atom. The molecule has 244 valence electrons. The first-order valence-electron chi connectivity index (χ1n) is 15.8. The molecule has 5 amide bonds. The number of aliphatic carboxylic acids is 1. The smallest absolute Gasteiger partial charge is 0.326 e. The minimum absolute atomic E-state index is 0.0402. The summed E-state index contributed by atoms with van der Waals surface area (Å²) in [5.74, 6) is -4.35. The Morgan fingerprint density at radius 1 is 1.00 bits per heavy atom. The molecule has 0 spiro atoms. The zero-order valence-electron chi connectivity index (χ0n) is 26.6. The molecule has 3 fully saturated rings. The molecule has 3 aliphatic carbocycles. The summed E-state index contributed by atoms with van der Waals surface area (Å²) >= 11 is 0. The molecule has 12 nitrogen and oxygen atoms in total. The van der Waals surface area contributed by atoms with Crippen LogP contribution in [0.4, 0.5) is 4.79 Å². The molecule has 1 aliphatic heterocycles. The number of hydrogen-bond donors (Lipinski definition) is 5. The average molecular weight is 624 g/mol. The number of nitrogens with zero attached hydrogens (tertiary/aromatic N) is 1. The quantitative estimate of drug-likeness (QED) is 0.230. The van der Waals surface area contributed by atoms with Crippen LogP contribution in [0.2, 0.25) is 0 Å². The number of Topliss-reactive ketones (excluding diaryl/α,β-unsaturated/α-hetero) is 1. The number of carboxylic acid groups (broad SMARTS) is 1. The molecule has 12 heteroatoms. The first-order valence-corrected chi connectivity index (χ1v) is 15.8. The van der Waals surface area contributed by atoms with E-state index in [9.17, 15) is 33.9 Å². The highest BCUT2D eigenvalue weighted by Gasteiger charge is 2.70. The second-order valence-corrected chi connectivity index (χ2v) is 15.0. The maximum absolute atomic E-state index is 14.5. The number of likely N-dealkylation sites (tertiary alicyclic amines) is 1. The van der Waals surface area contributed by atoms with Crippen LogP contribution in [0, 0.1) is 34.5 Å². The van der Waals surface area contributed by atoms with Gasteiger partial charge in [-0.25, -0.2) is 9.59 Å². The van der Waals surface area contributed by atoms with E-state index >= 15 is 0 Å².